The quantitative estimate of drug-likeness (QED) is 0.323. The van der Waals surface area contributed by atoms with E-state index >= 15 is 0 Å². The number of rotatable bonds is 8. The van der Waals surface area contributed by atoms with Gasteiger partial charge in [-0.3, -0.25) is 9.36 Å². The summed E-state index contributed by atoms with van der Waals surface area (Å²) in [6, 6.07) is 21.5. The molecule has 2 aromatic heterocycles. The number of benzene rings is 2. The van der Waals surface area contributed by atoms with Gasteiger partial charge in [-0.2, -0.15) is 5.26 Å². The fourth-order valence-electron chi connectivity index (χ4n) is 3.55. The molecule has 0 saturated heterocycles. The second kappa shape index (κ2) is 10.6. The Morgan fingerprint density at radius 2 is 1.83 bits per heavy atom. The van der Waals surface area contributed by atoms with Crippen LogP contribution in [0, 0.1) is 11.3 Å². The van der Waals surface area contributed by atoms with Crippen LogP contribution in [0.3, 0.4) is 0 Å². The van der Waals surface area contributed by atoms with Gasteiger partial charge in [0.05, 0.1) is 31.1 Å². The summed E-state index contributed by atoms with van der Waals surface area (Å²) in [4.78, 5) is 12.6. The molecule has 0 unspecified atom stereocenters. The molecule has 1 N–H and O–H groups in total. The highest BCUT2D eigenvalue weighted by molar-refractivity contribution is 7.99. The molecular weight excluding hydrogens is 458 g/mol. The number of amides is 1. The maximum atomic E-state index is 12.6. The number of hydrogen-bond donors (Lipinski definition) is 1. The van der Waals surface area contributed by atoms with Crippen molar-refractivity contribution in [3.05, 3.63) is 83.8 Å². The van der Waals surface area contributed by atoms with Crippen LogP contribution < -0.4 is 5.32 Å². The molecule has 178 valence electrons. The topological polar surface area (TPSA) is 96.7 Å². The average Bonchev–Trinajstić information content (AvgIpc) is 3.49. The highest BCUT2D eigenvalue weighted by Crippen LogP contribution is 2.28. The number of carbonyl (C=O) groups is 1. The molecule has 0 spiro atoms. The highest BCUT2D eigenvalue weighted by atomic mass is 32.2. The van der Waals surface area contributed by atoms with Crippen LogP contribution in [0.2, 0.25) is 0 Å². The number of carbonyl (C=O) groups excluding carboxylic acids is 1. The fourth-order valence-corrected chi connectivity index (χ4v) is 4.29. The van der Waals surface area contributed by atoms with E-state index in [1.54, 1.807) is 18.4 Å². The Bertz CT molecular complexity index is 1310. The largest absolute Gasteiger partial charge is 0.467 e. The molecule has 2 heterocycles. The van der Waals surface area contributed by atoms with E-state index in [-0.39, 0.29) is 17.1 Å². The molecule has 4 rings (SSSR count). The first kappa shape index (κ1) is 24.3. The Kier molecular flexibility index (Phi) is 7.37. The third kappa shape index (κ3) is 6.19. The fraction of sp³-hybridized carbons (Fsp3) is 0.259. The van der Waals surface area contributed by atoms with Crippen LogP contribution in [0.1, 0.15) is 37.7 Å². The summed E-state index contributed by atoms with van der Waals surface area (Å²) in [5.74, 6) is 1.53. The van der Waals surface area contributed by atoms with Crippen molar-refractivity contribution in [1.82, 2.24) is 14.8 Å². The molecule has 0 bridgehead atoms. The number of furan rings is 1. The lowest BCUT2D eigenvalue weighted by atomic mass is 9.87. The number of thioether (sulfide) groups is 1. The van der Waals surface area contributed by atoms with Crippen LogP contribution in [0.25, 0.3) is 11.4 Å². The van der Waals surface area contributed by atoms with Crippen LogP contribution in [0.15, 0.2) is 76.5 Å². The summed E-state index contributed by atoms with van der Waals surface area (Å²) >= 11 is 1.32. The third-order valence-electron chi connectivity index (χ3n) is 5.47. The first-order chi connectivity index (χ1) is 16.8. The summed E-state index contributed by atoms with van der Waals surface area (Å²) in [6.45, 7) is 7.01. The predicted octanol–water partition coefficient (Wildman–Crippen LogP) is 5.68. The summed E-state index contributed by atoms with van der Waals surface area (Å²) < 4.78 is 7.53. The first-order valence-corrected chi connectivity index (χ1v) is 12.3. The lowest BCUT2D eigenvalue weighted by Gasteiger charge is -2.19. The summed E-state index contributed by atoms with van der Waals surface area (Å²) in [5, 5.41) is 21.1. The minimum absolute atomic E-state index is 0.0603. The van der Waals surface area contributed by atoms with Gasteiger partial charge in [0.25, 0.3) is 0 Å². The number of aromatic nitrogens is 3. The zero-order valence-electron chi connectivity index (χ0n) is 20.0. The van der Waals surface area contributed by atoms with Crippen LogP contribution in [-0.4, -0.2) is 26.4 Å². The molecule has 0 fully saturated rings. The van der Waals surface area contributed by atoms with Crippen molar-refractivity contribution in [1.29, 1.82) is 5.26 Å². The Hall–Kier alpha value is -3.83. The molecule has 1 amide bonds. The number of nitrogens with zero attached hydrogens (tertiary/aromatic N) is 4. The average molecular weight is 486 g/mol. The number of hydrogen-bond acceptors (Lipinski definition) is 6. The van der Waals surface area contributed by atoms with Crippen molar-refractivity contribution >= 4 is 23.4 Å². The van der Waals surface area contributed by atoms with E-state index in [9.17, 15) is 4.79 Å². The monoisotopic (exact) mass is 485 g/mol. The molecule has 35 heavy (non-hydrogen) atoms. The SMILES string of the molecule is CC(C)(C)c1ccc(-c2nnc(SCC(=O)Nc3ccc(CC#N)cc3)n2Cc2ccco2)cc1. The van der Waals surface area contributed by atoms with Crippen LogP contribution in [0.5, 0.6) is 0 Å². The third-order valence-corrected chi connectivity index (χ3v) is 6.44. The van der Waals surface area contributed by atoms with Crippen molar-refractivity contribution in [2.24, 2.45) is 0 Å². The van der Waals surface area contributed by atoms with E-state index < -0.39 is 0 Å². The van der Waals surface area contributed by atoms with Crippen molar-refractivity contribution in [3.8, 4) is 17.5 Å². The van der Waals surface area contributed by atoms with E-state index in [1.807, 2.05) is 28.8 Å². The van der Waals surface area contributed by atoms with E-state index in [1.165, 1.54) is 17.3 Å². The zero-order valence-corrected chi connectivity index (χ0v) is 20.8. The number of nitrogens with one attached hydrogen (secondary N) is 1. The van der Waals surface area contributed by atoms with Crippen molar-refractivity contribution in [2.75, 3.05) is 11.1 Å². The standard InChI is InChI=1S/C27H27N5O2S/c1-27(2,3)21-10-8-20(9-11-21)25-30-31-26(32(25)17-23-5-4-16-34-23)35-18-24(33)29-22-12-6-19(7-13-22)14-15-28/h4-13,16H,14,17-18H2,1-3H3,(H,29,33). The van der Waals surface area contributed by atoms with E-state index in [4.69, 9.17) is 9.68 Å². The van der Waals surface area contributed by atoms with Gasteiger partial charge in [0.15, 0.2) is 11.0 Å². The van der Waals surface area contributed by atoms with Crippen molar-refractivity contribution in [3.63, 3.8) is 0 Å². The van der Waals surface area contributed by atoms with E-state index in [0.29, 0.717) is 23.8 Å². The van der Waals surface area contributed by atoms with Crippen molar-refractivity contribution < 1.29 is 9.21 Å². The summed E-state index contributed by atoms with van der Waals surface area (Å²) in [6.07, 6.45) is 1.98. The maximum Gasteiger partial charge on any atom is 0.234 e. The molecule has 0 aliphatic heterocycles. The Morgan fingerprint density at radius 3 is 2.46 bits per heavy atom. The van der Waals surface area contributed by atoms with E-state index in [2.05, 4.69) is 66.6 Å². The van der Waals surface area contributed by atoms with Gasteiger partial charge in [0.1, 0.15) is 5.76 Å². The molecule has 0 saturated carbocycles. The molecule has 0 radical (unpaired) electrons. The normalized spacial score (nSPS) is 11.3. The highest BCUT2D eigenvalue weighted by Gasteiger charge is 2.19. The zero-order chi connectivity index (χ0) is 24.8. The summed E-state index contributed by atoms with van der Waals surface area (Å²) in [7, 11) is 0. The molecule has 2 aromatic carbocycles. The minimum Gasteiger partial charge on any atom is -0.467 e. The summed E-state index contributed by atoms with van der Waals surface area (Å²) in [5.41, 5.74) is 3.85. The van der Waals surface area contributed by atoms with Gasteiger partial charge in [-0.1, -0.05) is 68.9 Å². The lowest BCUT2D eigenvalue weighted by Crippen LogP contribution is -2.15. The smallest absolute Gasteiger partial charge is 0.234 e. The first-order valence-electron chi connectivity index (χ1n) is 11.3. The minimum atomic E-state index is -0.147. The Labute approximate surface area is 209 Å². The lowest BCUT2D eigenvalue weighted by molar-refractivity contribution is -0.113. The van der Waals surface area contributed by atoms with Gasteiger partial charge >= 0.3 is 0 Å². The van der Waals surface area contributed by atoms with Gasteiger partial charge in [0, 0.05) is 11.3 Å². The van der Waals surface area contributed by atoms with Gasteiger partial charge in [-0.05, 0) is 40.8 Å². The molecule has 0 atom stereocenters. The van der Waals surface area contributed by atoms with Gasteiger partial charge in [-0.25, -0.2) is 0 Å². The van der Waals surface area contributed by atoms with Gasteiger partial charge < -0.3 is 9.73 Å². The van der Waals surface area contributed by atoms with Crippen LogP contribution >= 0.6 is 11.8 Å². The molecular formula is C27H27N5O2S. The Balaban J connectivity index is 1.50. The number of nitriles is 1. The number of anilines is 1. The van der Waals surface area contributed by atoms with Crippen LogP contribution in [-0.2, 0) is 23.2 Å². The molecule has 0 aliphatic rings. The molecule has 4 aromatic rings. The van der Waals surface area contributed by atoms with Crippen LogP contribution in [0.4, 0.5) is 5.69 Å². The second-order valence-corrected chi connectivity index (χ2v) is 10.1. The van der Waals surface area contributed by atoms with Gasteiger partial charge in [-0.15, -0.1) is 10.2 Å². The van der Waals surface area contributed by atoms with Crippen molar-refractivity contribution in [2.45, 2.75) is 44.3 Å². The molecule has 8 heteroatoms. The maximum absolute atomic E-state index is 12.6. The molecule has 7 nitrogen and oxygen atoms in total. The predicted molar refractivity (Wildman–Crippen MR) is 137 cm³/mol. The molecule has 0 aliphatic carbocycles. The van der Waals surface area contributed by atoms with Gasteiger partial charge in [0.2, 0.25) is 5.91 Å². The second-order valence-electron chi connectivity index (χ2n) is 9.17. The Morgan fingerprint density at radius 1 is 1.09 bits per heavy atom. The van der Waals surface area contributed by atoms with E-state index in [0.717, 1.165) is 22.7 Å².